The molecule has 5 nitrogen and oxygen atoms in total. The molecule has 0 saturated carbocycles. The van der Waals surface area contributed by atoms with Gasteiger partial charge in [0.15, 0.2) is 0 Å². The SMILES string of the molecule is CCOc1ccc(CNC(=O)c2ccccc2NC(=O)c2ccc(C(C)(C)C)cc2)cc1. The average Bonchev–Trinajstić information content (AvgIpc) is 2.78. The van der Waals surface area contributed by atoms with Gasteiger partial charge in [-0.3, -0.25) is 9.59 Å². The maximum Gasteiger partial charge on any atom is 0.255 e. The molecule has 3 aromatic rings. The summed E-state index contributed by atoms with van der Waals surface area (Å²) < 4.78 is 5.44. The quantitative estimate of drug-likeness (QED) is 0.515. The van der Waals surface area contributed by atoms with E-state index in [-0.39, 0.29) is 17.2 Å². The van der Waals surface area contributed by atoms with Crippen molar-refractivity contribution in [3.8, 4) is 5.75 Å². The summed E-state index contributed by atoms with van der Waals surface area (Å²) in [5, 5.41) is 5.78. The van der Waals surface area contributed by atoms with Crippen LogP contribution in [0.5, 0.6) is 5.75 Å². The Labute approximate surface area is 189 Å². The first-order valence-electron chi connectivity index (χ1n) is 10.8. The number of carbonyl (C=O) groups is 2. The van der Waals surface area contributed by atoms with E-state index in [4.69, 9.17) is 4.74 Å². The van der Waals surface area contributed by atoms with Gasteiger partial charge in [0.2, 0.25) is 0 Å². The van der Waals surface area contributed by atoms with Gasteiger partial charge in [-0.1, -0.05) is 57.2 Å². The molecule has 0 heterocycles. The molecular formula is C27H30N2O3. The van der Waals surface area contributed by atoms with E-state index < -0.39 is 0 Å². The van der Waals surface area contributed by atoms with Crippen molar-refractivity contribution in [3.05, 3.63) is 95.1 Å². The number of rotatable bonds is 7. The van der Waals surface area contributed by atoms with Gasteiger partial charge < -0.3 is 15.4 Å². The molecule has 3 aromatic carbocycles. The largest absolute Gasteiger partial charge is 0.494 e. The van der Waals surface area contributed by atoms with E-state index in [1.807, 2.05) is 55.5 Å². The van der Waals surface area contributed by atoms with Crippen molar-refractivity contribution < 1.29 is 14.3 Å². The van der Waals surface area contributed by atoms with Gasteiger partial charge in [0.25, 0.3) is 11.8 Å². The van der Waals surface area contributed by atoms with Gasteiger partial charge in [-0.15, -0.1) is 0 Å². The number of para-hydroxylation sites is 1. The maximum atomic E-state index is 12.8. The summed E-state index contributed by atoms with van der Waals surface area (Å²) in [6.07, 6.45) is 0. The summed E-state index contributed by atoms with van der Waals surface area (Å²) >= 11 is 0. The number of ether oxygens (including phenoxy) is 1. The van der Waals surface area contributed by atoms with Gasteiger partial charge in [-0.05, 0) is 59.9 Å². The minimum atomic E-state index is -0.253. The monoisotopic (exact) mass is 430 g/mol. The van der Waals surface area contributed by atoms with E-state index in [1.54, 1.807) is 24.3 Å². The average molecular weight is 431 g/mol. The van der Waals surface area contributed by atoms with E-state index in [1.165, 1.54) is 0 Å². The fraction of sp³-hybridized carbons (Fsp3) is 0.259. The van der Waals surface area contributed by atoms with Crippen LogP contribution in [0.15, 0.2) is 72.8 Å². The summed E-state index contributed by atoms with van der Waals surface area (Å²) in [5.74, 6) is 0.293. The third-order valence-electron chi connectivity index (χ3n) is 5.12. The van der Waals surface area contributed by atoms with E-state index in [0.717, 1.165) is 16.9 Å². The van der Waals surface area contributed by atoms with Gasteiger partial charge in [0, 0.05) is 12.1 Å². The molecule has 32 heavy (non-hydrogen) atoms. The maximum absolute atomic E-state index is 12.8. The van der Waals surface area contributed by atoms with Gasteiger partial charge in [-0.2, -0.15) is 0 Å². The lowest BCUT2D eigenvalue weighted by atomic mass is 9.86. The summed E-state index contributed by atoms with van der Waals surface area (Å²) in [4.78, 5) is 25.6. The fourth-order valence-electron chi connectivity index (χ4n) is 3.25. The molecule has 0 fully saturated rings. The van der Waals surface area contributed by atoms with Crippen LogP contribution in [0.1, 0.15) is 59.5 Å². The highest BCUT2D eigenvalue weighted by molar-refractivity contribution is 6.09. The van der Waals surface area contributed by atoms with Crippen LogP contribution in [0, 0.1) is 0 Å². The van der Waals surface area contributed by atoms with Crippen molar-refractivity contribution in [2.75, 3.05) is 11.9 Å². The third kappa shape index (κ3) is 5.97. The Bertz CT molecular complexity index is 1070. The molecule has 3 rings (SSSR count). The molecule has 0 spiro atoms. The third-order valence-corrected chi connectivity index (χ3v) is 5.12. The molecule has 0 saturated heterocycles. The number of hydrogen-bond donors (Lipinski definition) is 2. The summed E-state index contributed by atoms with van der Waals surface area (Å²) in [7, 11) is 0. The summed E-state index contributed by atoms with van der Waals surface area (Å²) in [6.45, 7) is 9.31. The van der Waals surface area contributed by atoms with Crippen LogP contribution in [0.4, 0.5) is 5.69 Å². The Balaban J connectivity index is 1.67. The molecule has 166 valence electrons. The molecule has 0 aliphatic rings. The normalized spacial score (nSPS) is 11.0. The number of amides is 2. The summed E-state index contributed by atoms with van der Waals surface area (Å²) in [5.41, 5.74) is 3.57. The number of anilines is 1. The second-order valence-electron chi connectivity index (χ2n) is 8.59. The summed E-state index contributed by atoms with van der Waals surface area (Å²) in [6, 6.07) is 22.1. The van der Waals surface area contributed by atoms with Crippen molar-refractivity contribution in [2.45, 2.75) is 39.7 Å². The van der Waals surface area contributed by atoms with Crippen LogP contribution in [-0.4, -0.2) is 18.4 Å². The van der Waals surface area contributed by atoms with Crippen LogP contribution in [0.25, 0.3) is 0 Å². The molecule has 0 atom stereocenters. The molecule has 0 radical (unpaired) electrons. The minimum Gasteiger partial charge on any atom is -0.494 e. The molecular weight excluding hydrogens is 400 g/mol. The Morgan fingerprint density at radius 2 is 1.50 bits per heavy atom. The van der Waals surface area contributed by atoms with Crippen molar-refractivity contribution in [2.24, 2.45) is 0 Å². The van der Waals surface area contributed by atoms with Crippen molar-refractivity contribution in [3.63, 3.8) is 0 Å². The van der Waals surface area contributed by atoms with E-state index >= 15 is 0 Å². The Morgan fingerprint density at radius 3 is 2.12 bits per heavy atom. The molecule has 0 aliphatic heterocycles. The van der Waals surface area contributed by atoms with Crippen LogP contribution in [-0.2, 0) is 12.0 Å². The Kier molecular flexibility index (Phi) is 7.31. The van der Waals surface area contributed by atoms with Crippen molar-refractivity contribution in [1.82, 2.24) is 5.32 Å². The first-order chi connectivity index (χ1) is 15.3. The zero-order valence-corrected chi connectivity index (χ0v) is 19.1. The lowest BCUT2D eigenvalue weighted by Gasteiger charge is -2.19. The lowest BCUT2D eigenvalue weighted by molar-refractivity contribution is 0.0952. The van der Waals surface area contributed by atoms with Crippen LogP contribution in [0.2, 0.25) is 0 Å². The Hall–Kier alpha value is -3.60. The fourth-order valence-corrected chi connectivity index (χ4v) is 3.25. The van der Waals surface area contributed by atoms with Crippen molar-refractivity contribution >= 4 is 17.5 Å². The number of nitrogens with one attached hydrogen (secondary N) is 2. The number of carbonyl (C=O) groups excluding carboxylic acids is 2. The van der Waals surface area contributed by atoms with E-state index in [0.29, 0.717) is 30.0 Å². The first-order valence-corrected chi connectivity index (χ1v) is 10.8. The molecule has 0 aliphatic carbocycles. The van der Waals surface area contributed by atoms with Crippen LogP contribution in [0.3, 0.4) is 0 Å². The predicted octanol–water partition coefficient (Wildman–Crippen LogP) is 5.57. The number of benzene rings is 3. The second kappa shape index (κ2) is 10.1. The second-order valence-corrected chi connectivity index (χ2v) is 8.59. The van der Waals surface area contributed by atoms with Gasteiger partial charge in [0.1, 0.15) is 5.75 Å². The van der Waals surface area contributed by atoms with E-state index in [2.05, 4.69) is 31.4 Å². The highest BCUT2D eigenvalue weighted by Gasteiger charge is 2.16. The highest BCUT2D eigenvalue weighted by Crippen LogP contribution is 2.23. The Morgan fingerprint density at radius 1 is 0.844 bits per heavy atom. The molecule has 5 heteroatoms. The van der Waals surface area contributed by atoms with Gasteiger partial charge >= 0.3 is 0 Å². The molecule has 0 bridgehead atoms. The topological polar surface area (TPSA) is 67.4 Å². The first kappa shape index (κ1) is 23.1. The minimum absolute atomic E-state index is 0.0169. The zero-order chi connectivity index (χ0) is 23.1. The molecule has 0 aromatic heterocycles. The lowest BCUT2D eigenvalue weighted by Crippen LogP contribution is -2.25. The molecule has 2 amide bonds. The van der Waals surface area contributed by atoms with Crippen LogP contribution >= 0.6 is 0 Å². The van der Waals surface area contributed by atoms with Crippen LogP contribution < -0.4 is 15.4 Å². The molecule has 2 N–H and O–H groups in total. The van der Waals surface area contributed by atoms with Gasteiger partial charge in [-0.25, -0.2) is 0 Å². The van der Waals surface area contributed by atoms with Crippen molar-refractivity contribution in [1.29, 1.82) is 0 Å². The molecule has 0 unspecified atom stereocenters. The predicted molar refractivity (Wildman–Crippen MR) is 128 cm³/mol. The van der Waals surface area contributed by atoms with Gasteiger partial charge in [0.05, 0.1) is 17.9 Å². The standard InChI is InChI=1S/C27H30N2O3/c1-5-32-22-16-10-19(11-17-22)18-28-26(31)23-8-6-7-9-24(23)29-25(30)20-12-14-21(15-13-20)27(2,3)4/h6-17H,5,18H2,1-4H3,(H,28,31)(H,29,30). The smallest absolute Gasteiger partial charge is 0.255 e. The van der Waals surface area contributed by atoms with E-state index in [9.17, 15) is 9.59 Å². The zero-order valence-electron chi connectivity index (χ0n) is 19.1. The highest BCUT2D eigenvalue weighted by atomic mass is 16.5. The number of hydrogen-bond acceptors (Lipinski definition) is 3.